The molecule has 0 radical (unpaired) electrons. The third-order valence-electron chi connectivity index (χ3n) is 4.55. The summed E-state index contributed by atoms with van der Waals surface area (Å²) in [5.74, 6) is -3.65. The van der Waals surface area contributed by atoms with E-state index in [4.69, 9.17) is 31.4 Å². The van der Waals surface area contributed by atoms with Gasteiger partial charge in [0.25, 0.3) is 5.69 Å². The molecule has 32 heavy (non-hydrogen) atoms. The third-order valence-corrected chi connectivity index (χ3v) is 6.71. The van der Waals surface area contributed by atoms with Crippen molar-refractivity contribution < 1.29 is 33.1 Å². The molecule has 0 atom stereocenters. The molecule has 1 saturated heterocycles. The minimum absolute atomic E-state index is 0.0868. The van der Waals surface area contributed by atoms with Gasteiger partial charge in [-0.3, -0.25) is 15.0 Å². The first kappa shape index (κ1) is 25.2. The number of nitro benzene ring substituents is 1. The van der Waals surface area contributed by atoms with Crippen LogP contribution in [0.15, 0.2) is 53.4 Å². The number of piperazine rings is 1. The van der Waals surface area contributed by atoms with Crippen LogP contribution < -0.4 is 0 Å². The maximum atomic E-state index is 12.7. The number of carbonyl (C=O) groups is 2. The first-order chi connectivity index (χ1) is 15.0. The summed E-state index contributed by atoms with van der Waals surface area (Å²) in [6.07, 6.45) is 0. The third kappa shape index (κ3) is 6.72. The van der Waals surface area contributed by atoms with E-state index in [2.05, 4.69) is 0 Å². The molecule has 2 aromatic rings. The quantitative estimate of drug-likeness (QED) is 0.366. The van der Waals surface area contributed by atoms with Crippen LogP contribution in [0.3, 0.4) is 0 Å². The van der Waals surface area contributed by atoms with Crippen LogP contribution in [0.25, 0.3) is 0 Å². The molecule has 0 amide bonds. The van der Waals surface area contributed by atoms with Crippen LogP contribution in [0.4, 0.5) is 5.69 Å². The summed E-state index contributed by atoms with van der Waals surface area (Å²) >= 11 is 5.82. The van der Waals surface area contributed by atoms with E-state index in [1.165, 1.54) is 22.5 Å². The van der Waals surface area contributed by atoms with Crippen molar-refractivity contribution in [3.05, 3.63) is 69.2 Å². The number of benzene rings is 2. The highest BCUT2D eigenvalue weighted by Crippen LogP contribution is 2.23. The number of hydrogen-bond acceptors (Lipinski definition) is 7. The summed E-state index contributed by atoms with van der Waals surface area (Å²) in [5, 5.41) is 26.4. The molecule has 13 heteroatoms. The topological polar surface area (TPSA) is 158 Å². The normalized spacial score (nSPS) is 14.8. The first-order valence-corrected chi connectivity index (χ1v) is 11.0. The van der Waals surface area contributed by atoms with Gasteiger partial charge in [0, 0.05) is 49.4 Å². The summed E-state index contributed by atoms with van der Waals surface area (Å²) in [4.78, 5) is 31.2. The lowest BCUT2D eigenvalue weighted by atomic mass is 10.1. The van der Waals surface area contributed by atoms with E-state index < -0.39 is 26.9 Å². The lowest BCUT2D eigenvalue weighted by Crippen LogP contribution is -2.48. The van der Waals surface area contributed by atoms with E-state index in [0.717, 1.165) is 0 Å². The minimum atomic E-state index is -3.56. The van der Waals surface area contributed by atoms with Crippen LogP contribution in [0, 0.1) is 10.1 Å². The number of nitrogens with zero attached hydrogens (tertiary/aromatic N) is 3. The number of halogens is 1. The van der Waals surface area contributed by atoms with Crippen molar-refractivity contribution in [2.45, 2.75) is 11.4 Å². The smallest absolute Gasteiger partial charge is 0.414 e. The van der Waals surface area contributed by atoms with Crippen molar-refractivity contribution in [3.63, 3.8) is 0 Å². The van der Waals surface area contributed by atoms with Gasteiger partial charge in [0.2, 0.25) is 10.0 Å². The van der Waals surface area contributed by atoms with E-state index in [9.17, 15) is 18.5 Å². The molecule has 1 fully saturated rings. The highest BCUT2D eigenvalue weighted by atomic mass is 35.5. The summed E-state index contributed by atoms with van der Waals surface area (Å²) in [6.45, 7) is 2.13. The van der Waals surface area contributed by atoms with Gasteiger partial charge in [0.15, 0.2) is 0 Å². The second kappa shape index (κ2) is 11.0. The second-order valence-electron chi connectivity index (χ2n) is 6.63. The van der Waals surface area contributed by atoms with Gasteiger partial charge >= 0.3 is 11.9 Å². The Morgan fingerprint density at radius 3 is 2.00 bits per heavy atom. The molecule has 0 aliphatic carbocycles. The number of hydrogen-bond donors (Lipinski definition) is 2. The molecule has 2 aromatic carbocycles. The summed E-state index contributed by atoms with van der Waals surface area (Å²) < 4.78 is 26.8. The van der Waals surface area contributed by atoms with E-state index >= 15 is 0 Å². The minimum Gasteiger partial charge on any atom is -0.473 e. The maximum absolute atomic E-state index is 12.7. The zero-order chi connectivity index (χ0) is 23.9. The van der Waals surface area contributed by atoms with Gasteiger partial charge in [-0.25, -0.2) is 18.0 Å². The van der Waals surface area contributed by atoms with Crippen LogP contribution in [0.1, 0.15) is 5.56 Å². The Labute approximate surface area is 188 Å². The fourth-order valence-electron chi connectivity index (χ4n) is 2.95. The Balaban J connectivity index is 0.000000534. The molecule has 0 aromatic heterocycles. The summed E-state index contributed by atoms with van der Waals surface area (Å²) in [7, 11) is -3.56. The van der Waals surface area contributed by atoms with Gasteiger partial charge in [-0.1, -0.05) is 29.8 Å². The number of rotatable bonds is 5. The molecule has 0 bridgehead atoms. The van der Waals surface area contributed by atoms with Gasteiger partial charge in [0.1, 0.15) is 0 Å². The Hall–Kier alpha value is -3.06. The molecule has 1 aliphatic rings. The van der Waals surface area contributed by atoms with Crippen LogP contribution in [-0.4, -0.2) is 70.9 Å². The van der Waals surface area contributed by atoms with Crippen molar-refractivity contribution in [2.24, 2.45) is 0 Å². The number of carboxylic acids is 2. The van der Waals surface area contributed by atoms with Crippen molar-refractivity contribution in [1.29, 1.82) is 0 Å². The first-order valence-electron chi connectivity index (χ1n) is 9.19. The number of aliphatic carboxylic acids is 2. The van der Waals surface area contributed by atoms with E-state index in [1.54, 1.807) is 30.3 Å². The summed E-state index contributed by atoms with van der Waals surface area (Å²) in [5.41, 5.74) is 0.718. The van der Waals surface area contributed by atoms with E-state index in [0.29, 0.717) is 43.3 Å². The molecule has 0 saturated carbocycles. The highest BCUT2D eigenvalue weighted by Gasteiger charge is 2.29. The monoisotopic (exact) mass is 485 g/mol. The van der Waals surface area contributed by atoms with Crippen LogP contribution >= 0.6 is 11.6 Å². The molecule has 1 heterocycles. The molecule has 0 spiro atoms. The number of sulfonamides is 1. The molecule has 1 aliphatic heterocycles. The van der Waals surface area contributed by atoms with Crippen LogP contribution in [0.2, 0.25) is 5.02 Å². The Kier molecular flexibility index (Phi) is 8.66. The molecular weight excluding hydrogens is 466 g/mol. The lowest BCUT2D eigenvalue weighted by Gasteiger charge is -2.33. The number of carboxylic acid groups (broad SMARTS) is 2. The predicted molar refractivity (Wildman–Crippen MR) is 114 cm³/mol. The van der Waals surface area contributed by atoms with Crippen molar-refractivity contribution in [2.75, 3.05) is 26.2 Å². The predicted octanol–water partition coefficient (Wildman–Crippen LogP) is 1.91. The van der Waals surface area contributed by atoms with Gasteiger partial charge < -0.3 is 10.2 Å². The largest absolute Gasteiger partial charge is 0.473 e. The molecule has 2 N–H and O–H groups in total. The van der Waals surface area contributed by atoms with Gasteiger partial charge in [-0.2, -0.15) is 4.31 Å². The second-order valence-corrected chi connectivity index (χ2v) is 9.00. The van der Waals surface area contributed by atoms with E-state index in [1.807, 2.05) is 4.90 Å². The van der Waals surface area contributed by atoms with Crippen molar-refractivity contribution in [3.8, 4) is 0 Å². The highest BCUT2D eigenvalue weighted by molar-refractivity contribution is 7.89. The number of para-hydroxylation sites is 1. The number of nitro groups is 1. The molecule has 172 valence electrons. The average Bonchev–Trinajstić information content (AvgIpc) is 2.75. The Morgan fingerprint density at radius 1 is 0.969 bits per heavy atom. The SMILES string of the molecule is O=C(O)C(=O)O.O=[N+]([O-])c1ccccc1CN1CCN(S(=O)(=O)c2ccc(Cl)cc2)CC1. The summed E-state index contributed by atoms with van der Waals surface area (Å²) in [6, 6.07) is 12.7. The van der Waals surface area contributed by atoms with Gasteiger partial charge in [-0.15, -0.1) is 0 Å². The van der Waals surface area contributed by atoms with Crippen molar-refractivity contribution in [1.82, 2.24) is 9.21 Å². The fraction of sp³-hybridized carbons (Fsp3) is 0.263. The molecule has 11 nitrogen and oxygen atoms in total. The van der Waals surface area contributed by atoms with Crippen LogP contribution in [0.5, 0.6) is 0 Å². The Morgan fingerprint density at radius 2 is 1.50 bits per heavy atom. The molecule has 3 rings (SSSR count). The Bertz CT molecular complexity index is 1070. The maximum Gasteiger partial charge on any atom is 0.414 e. The van der Waals surface area contributed by atoms with Gasteiger partial charge in [-0.05, 0) is 24.3 Å². The van der Waals surface area contributed by atoms with E-state index in [-0.39, 0.29) is 10.6 Å². The average molecular weight is 486 g/mol. The molecule has 0 unspecified atom stereocenters. The van der Waals surface area contributed by atoms with Crippen molar-refractivity contribution >= 4 is 39.3 Å². The van der Waals surface area contributed by atoms with Crippen LogP contribution in [-0.2, 0) is 26.2 Å². The standard InChI is InChI=1S/C17H18ClN3O4S.C2H2O4/c18-15-5-7-16(8-6-15)26(24,25)20-11-9-19(10-12-20)13-14-3-1-2-4-17(14)21(22)23;3-1(4)2(5)6/h1-8H,9-13H2;(H,3,4)(H,5,6). The lowest BCUT2D eigenvalue weighted by molar-refractivity contribution is -0.385. The zero-order valence-corrected chi connectivity index (χ0v) is 18.2. The van der Waals surface area contributed by atoms with Gasteiger partial charge in [0.05, 0.1) is 9.82 Å². The zero-order valence-electron chi connectivity index (χ0n) is 16.6. The fourth-order valence-corrected chi connectivity index (χ4v) is 4.50. The molecular formula is C19H20ClN3O8S.